The van der Waals surface area contributed by atoms with Crippen LogP contribution in [0, 0.1) is 12.7 Å². The van der Waals surface area contributed by atoms with E-state index in [1.807, 2.05) is 6.92 Å². The van der Waals surface area contributed by atoms with E-state index in [-0.39, 0.29) is 11.6 Å². The summed E-state index contributed by atoms with van der Waals surface area (Å²) in [4.78, 5) is 16.8. The van der Waals surface area contributed by atoms with Crippen molar-refractivity contribution in [3.8, 4) is 0 Å². The third kappa shape index (κ3) is 4.66. The zero-order chi connectivity index (χ0) is 16.1. The first-order valence-electron chi connectivity index (χ1n) is 6.51. The van der Waals surface area contributed by atoms with Crippen molar-refractivity contribution in [2.75, 3.05) is 6.54 Å². The number of halogens is 2. The van der Waals surface area contributed by atoms with E-state index < -0.39 is 18.0 Å². The van der Waals surface area contributed by atoms with Crippen LogP contribution in [0.1, 0.15) is 21.6 Å². The minimum atomic E-state index is -1.01. The van der Waals surface area contributed by atoms with Crippen LogP contribution in [0.15, 0.2) is 24.4 Å². The summed E-state index contributed by atoms with van der Waals surface area (Å²) in [5.74, 6) is -0.609. The van der Waals surface area contributed by atoms with Crippen molar-refractivity contribution in [2.45, 2.75) is 19.6 Å². The number of nitrogens with one attached hydrogen (secondary N) is 2. The van der Waals surface area contributed by atoms with E-state index >= 15 is 0 Å². The van der Waals surface area contributed by atoms with Crippen molar-refractivity contribution in [2.24, 2.45) is 0 Å². The van der Waals surface area contributed by atoms with Crippen LogP contribution in [-0.2, 0) is 6.54 Å². The van der Waals surface area contributed by atoms with Gasteiger partial charge in [0.2, 0.25) is 0 Å². The van der Waals surface area contributed by atoms with Crippen molar-refractivity contribution < 1.29 is 14.3 Å². The number of hydrogen-bond donors (Lipinski definition) is 3. The first-order valence-corrected chi connectivity index (χ1v) is 7.71. The summed E-state index contributed by atoms with van der Waals surface area (Å²) in [5.41, 5.74) is 0.345. The van der Waals surface area contributed by atoms with Gasteiger partial charge in [-0.1, -0.05) is 17.7 Å². The first kappa shape index (κ1) is 16.7. The highest BCUT2D eigenvalue weighted by molar-refractivity contribution is 7.11. The zero-order valence-corrected chi connectivity index (χ0v) is 13.3. The van der Waals surface area contributed by atoms with Crippen molar-refractivity contribution >= 4 is 29.0 Å². The van der Waals surface area contributed by atoms with E-state index in [9.17, 15) is 14.3 Å². The van der Waals surface area contributed by atoms with E-state index in [2.05, 4.69) is 15.6 Å². The Morgan fingerprint density at radius 2 is 2.27 bits per heavy atom. The van der Waals surface area contributed by atoms with Gasteiger partial charge in [-0.3, -0.25) is 0 Å². The zero-order valence-electron chi connectivity index (χ0n) is 11.8. The predicted molar refractivity (Wildman–Crippen MR) is 83.5 cm³/mol. The van der Waals surface area contributed by atoms with Crippen LogP contribution >= 0.6 is 22.9 Å². The summed E-state index contributed by atoms with van der Waals surface area (Å²) >= 11 is 7.07. The first-order chi connectivity index (χ1) is 10.5. The number of aromatic nitrogens is 1. The summed E-state index contributed by atoms with van der Waals surface area (Å²) in [6.45, 7) is 2.21. The van der Waals surface area contributed by atoms with E-state index in [1.165, 1.54) is 23.5 Å². The van der Waals surface area contributed by atoms with Gasteiger partial charge in [0.15, 0.2) is 0 Å². The topological polar surface area (TPSA) is 74.2 Å². The number of aliphatic hydroxyl groups is 1. The van der Waals surface area contributed by atoms with Gasteiger partial charge in [0, 0.05) is 17.6 Å². The van der Waals surface area contributed by atoms with Crippen LogP contribution in [0.5, 0.6) is 0 Å². The molecular weight excluding hydrogens is 329 g/mol. The number of nitrogens with zero attached hydrogens (tertiary/aromatic N) is 1. The standard InChI is InChI=1S/C14H15ClFN3O2S/c1-8-5-17-13(22-8)7-19-14(21)18-6-12(20)9-2-3-10(15)11(16)4-9/h2-5,12,20H,6-7H2,1H3,(H2,18,19,21)/t12-/m0/s1. The molecule has 5 nitrogen and oxygen atoms in total. The van der Waals surface area contributed by atoms with Gasteiger partial charge in [0.25, 0.3) is 0 Å². The van der Waals surface area contributed by atoms with E-state index in [4.69, 9.17) is 11.6 Å². The van der Waals surface area contributed by atoms with Crippen LogP contribution in [0.2, 0.25) is 5.02 Å². The third-order valence-electron chi connectivity index (χ3n) is 2.85. The van der Waals surface area contributed by atoms with Gasteiger partial charge < -0.3 is 15.7 Å². The molecule has 0 radical (unpaired) electrons. The van der Waals surface area contributed by atoms with Gasteiger partial charge >= 0.3 is 6.03 Å². The SMILES string of the molecule is Cc1cnc(CNC(=O)NC[C@H](O)c2ccc(Cl)c(F)c2)s1. The Balaban J connectivity index is 1.78. The van der Waals surface area contributed by atoms with Crippen LogP contribution in [-0.4, -0.2) is 22.7 Å². The largest absolute Gasteiger partial charge is 0.387 e. The second-order valence-electron chi connectivity index (χ2n) is 4.62. The lowest BCUT2D eigenvalue weighted by molar-refractivity contribution is 0.172. The molecule has 0 aliphatic heterocycles. The monoisotopic (exact) mass is 343 g/mol. The van der Waals surface area contributed by atoms with Gasteiger partial charge in [-0.25, -0.2) is 14.2 Å². The number of urea groups is 1. The van der Waals surface area contributed by atoms with Gasteiger partial charge in [0.05, 0.1) is 17.7 Å². The lowest BCUT2D eigenvalue weighted by atomic mass is 10.1. The molecule has 0 bridgehead atoms. The lowest BCUT2D eigenvalue weighted by Gasteiger charge is -2.13. The molecule has 1 aromatic heterocycles. The lowest BCUT2D eigenvalue weighted by Crippen LogP contribution is -2.37. The average molecular weight is 344 g/mol. The van der Waals surface area contributed by atoms with Crippen LogP contribution < -0.4 is 10.6 Å². The van der Waals surface area contributed by atoms with E-state index in [0.717, 1.165) is 16.0 Å². The number of aliphatic hydroxyl groups excluding tert-OH is 1. The molecule has 2 rings (SSSR count). The molecule has 2 amide bonds. The molecule has 0 aliphatic rings. The predicted octanol–water partition coefficient (Wildman–Crippen LogP) is 2.78. The molecule has 0 unspecified atom stereocenters. The fourth-order valence-corrected chi connectivity index (χ4v) is 2.57. The number of hydrogen-bond acceptors (Lipinski definition) is 4. The van der Waals surface area contributed by atoms with Gasteiger partial charge in [-0.15, -0.1) is 11.3 Å². The number of benzene rings is 1. The molecule has 1 atom stereocenters. The Labute approximate surface area is 136 Å². The Morgan fingerprint density at radius 1 is 1.50 bits per heavy atom. The number of aryl methyl sites for hydroxylation is 1. The summed E-state index contributed by atoms with van der Waals surface area (Å²) in [7, 11) is 0. The molecule has 1 heterocycles. The second-order valence-corrected chi connectivity index (χ2v) is 6.34. The van der Waals surface area contributed by atoms with Crippen LogP contribution in [0.25, 0.3) is 0 Å². The van der Waals surface area contributed by atoms with E-state index in [0.29, 0.717) is 12.1 Å². The Kier molecular flexibility index (Phi) is 5.70. The van der Waals surface area contributed by atoms with Crippen molar-refractivity contribution in [3.05, 3.63) is 50.7 Å². The van der Waals surface area contributed by atoms with Crippen LogP contribution in [0.4, 0.5) is 9.18 Å². The average Bonchev–Trinajstić information content (AvgIpc) is 2.91. The molecule has 8 heteroatoms. The quantitative estimate of drug-likeness (QED) is 0.781. The van der Waals surface area contributed by atoms with Gasteiger partial charge in [-0.05, 0) is 24.6 Å². The summed E-state index contributed by atoms with van der Waals surface area (Å²) in [6.07, 6.45) is 0.720. The molecular formula is C14H15ClFN3O2S. The Morgan fingerprint density at radius 3 is 2.91 bits per heavy atom. The molecule has 0 saturated heterocycles. The number of carbonyl (C=O) groups is 1. The fourth-order valence-electron chi connectivity index (χ4n) is 1.73. The molecule has 0 saturated carbocycles. The Bertz CT molecular complexity index is 665. The summed E-state index contributed by atoms with van der Waals surface area (Å²) in [6, 6.07) is 3.58. The molecule has 2 aromatic rings. The number of rotatable bonds is 5. The highest BCUT2D eigenvalue weighted by Crippen LogP contribution is 2.19. The molecule has 0 spiro atoms. The van der Waals surface area contributed by atoms with Gasteiger partial charge in [-0.2, -0.15) is 0 Å². The highest BCUT2D eigenvalue weighted by Gasteiger charge is 2.12. The highest BCUT2D eigenvalue weighted by atomic mass is 35.5. The molecule has 3 N–H and O–H groups in total. The maximum absolute atomic E-state index is 13.3. The number of carbonyl (C=O) groups excluding carboxylic acids is 1. The molecule has 0 aliphatic carbocycles. The summed E-state index contributed by atoms with van der Waals surface area (Å²) in [5, 5.41) is 15.8. The normalized spacial score (nSPS) is 12.0. The maximum atomic E-state index is 13.3. The van der Waals surface area contributed by atoms with Crippen molar-refractivity contribution in [1.29, 1.82) is 0 Å². The minimum absolute atomic E-state index is 0.0135. The molecule has 0 fully saturated rings. The number of thiazole rings is 1. The molecule has 118 valence electrons. The number of amides is 2. The minimum Gasteiger partial charge on any atom is -0.387 e. The molecule has 22 heavy (non-hydrogen) atoms. The summed E-state index contributed by atoms with van der Waals surface area (Å²) < 4.78 is 13.3. The van der Waals surface area contributed by atoms with Crippen molar-refractivity contribution in [3.63, 3.8) is 0 Å². The van der Waals surface area contributed by atoms with Gasteiger partial charge in [0.1, 0.15) is 10.8 Å². The Hall–Kier alpha value is -1.70. The third-order valence-corrected chi connectivity index (χ3v) is 4.07. The van der Waals surface area contributed by atoms with Crippen LogP contribution in [0.3, 0.4) is 0 Å². The second kappa shape index (κ2) is 7.53. The van der Waals surface area contributed by atoms with Crippen molar-refractivity contribution in [1.82, 2.24) is 15.6 Å². The molecule has 1 aromatic carbocycles. The maximum Gasteiger partial charge on any atom is 0.315 e. The smallest absolute Gasteiger partial charge is 0.315 e. The van der Waals surface area contributed by atoms with E-state index in [1.54, 1.807) is 6.20 Å². The fraction of sp³-hybridized carbons (Fsp3) is 0.286.